The summed E-state index contributed by atoms with van der Waals surface area (Å²) in [6, 6.07) is 14.1. The molecule has 3 aliphatic rings. The number of benzene rings is 2. The number of piperidine rings is 1. The zero-order valence-electron chi connectivity index (χ0n) is 23.7. The highest BCUT2D eigenvalue weighted by molar-refractivity contribution is 5.81. The molecule has 2 N–H and O–H groups in total. The number of nitrogens with one attached hydrogen (secondary N) is 1. The van der Waals surface area contributed by atoms with Gasteiger partial charge in [-0.25, -0.2) is 4.79 Å². The van der Waals surface area contributed by atoms with Crippen molar-refractivity contribution in [3.63, 3.8) is 0 Å². The average molecular weight is 585 g/mol. The zero-order valence-corrected chi connectivity index (χ0v) is 23.7. The van der Waals surface area contributed by atoms with Gasteiger partial charge >= 0.3 is 12.2 Å². The molecule has 0 unspecified atom stereocenters. The first-order chi connectivity index (χ1) is 20.1. The van der Waals surface area contributed by atoms with Gasteiger partial charge in [0.05, 0.1) is 12.1 Å². The van der Waals surface area contributed by atoms with Gasteiger partial charge in [0.1, 0.15) is 5.60 Å². The van der Waals surface area contributed by atoms with E-state index in [2.05, 4.69) is 16.8 Å². The number of alkyl halides is 3. The van der Waals surface area contributed by atoms with Crippen LogP contribution >= 0.6 is 0 Å². The number of likely N-dealkylation sites (tertiary alicyclic amines) is 2. The summed E-state index contributed by atoms with van der Waals surface area (Å²) in [5.74, 6) is 0.115. The summed E-state index contributed by atoms with van der Waals surface area (Å²) >= 11 is 0. The maximum atomic E-state index is 13.1. The van der Waals surface area contributed by atoms with Crippen molar-refractivity contribution in [2.24, 2.45) is 11.8 Å². The lowest BCUT2D eigenvalue weighted by Gasteiger charge is -2.40. The fourth-order valence-corrected chi connectivity index (χ4v) is 6.27. The fraction of sp³-hybridized carbons (Fsp3) is 0.500. The summed E-state index contributed by atoms with van der Waals surface area (Å²) < 4.78 is 38.5. The molecule has 7 nitrogen and oxygen atoms in total. The summed E-state index contributed by atoms with van der Waals surface area (Å²) in [6.07, 6.45) is 0.606. The number of β-amino-alcohol motifs (C(OH)–C–C–N with tert-alkyl or cyclic N) is 1. The molecule has 42 heavy (non-hydrogen) atoms. The van der Waals surface area contributed by atoms with Crippen molar-refractivity contribution in [1.29, 1.82) is 0 Å². The normalized spacial score (nSPS) is 23.5. The Kier molecular flexibility index (Phi) is 8.94. The van der Waals surface area contributed by atoms with Crippen LogP contribution in [0.15, 0.2) is 67.3 Å². The molecule has 2 heterocycles. The molecule has 0 radical (unpaired) electrons. The average Bonchev–Trinajstić information content (AvgIpc) is 3.79. The molecule has 0 aromatic heterocycles. The van der Waals surface area contributed by atoms with E-state index < -0.39 is 17.3 Å². The van der Waals surface area contributed by atoms with Gasteiger partial charge in [-0.2, -0.15) is 13.2 Å². The van der Waals surface area contributed by atoms with E-state index in [-0.39, 0.29) is 36.4 Å². The summed E-state index contributed by atoms with van der Waals surface area (Å²) in [5, 5.41) is 14.8. The molecule has 5 rings (SSSR count). The molecule has 10 heteroatoms. The van der Waals surface area contributed by atoms with Crippen molar-refractivity contribution in [2.75, 3.05) is 39.3 Å². The van der Waals surface area contributed by atoms with E-state index in [0.29, 0.717) is 31.7 Å². The Hall–Kier alpha value is -3.37. The zero-order chi connectivity index (χ0) is 29.9. The monoisotopic (exact) mass is 584 g/mol. The Balaban J connectivity index is 1.17. The van der Waals surface area contributed by atoms with E-state index in [4.69, 9.17) is 0 Å². The quantitative estimate of drug-likeness (QED) is 0.422. The molecule has 1 aliphatic carbocycles. The van der Waals surface area contributed by atoms with E-state index in [1.807, 2.05) is 35.2 Å². The first-order valence-corrected chi connectivity index (χ1v) is 14.7. The van der Waals surface area contributed by atoms with Crippen LogP contribution in [0.25, 0.3) is 0 Å². The van der Waals surface area contributed by atoms with Crippen molar-refractivity contribution in [3.05, 3.63) is 83.9 Å². The van der Waals surface area contributed by atoms with E-state index in [9.17, 15) is 27.9 Å². The van der Waals surface area contributed by atoms with Gasteiger partial charge in [0.15, 0.2) is 0 Å². The van der Waals surface area contributed by atoms with Gasteiger partial charge in [0.25, 0.3) is 0 Å². The molecule has 1 saturated carbocycles. The molecule has 0 spiro atoms. The third-order valence-corrected chi connectivity index (χ3v) is 8.85. The Bertz CT molecular complexity index is 1240. The molecular formula is C32H39F3N4O3. The van der Waals surface area contributed by atoms with E-state index in [1.54, 1.807) is 11.0 Å². The molecule has 226 valence electrons. The van der Waals surface area contributed by atoms with E-state index in [0.717, 1.165) is 56.5 Å². The topological polar surface area (TPSA) is 76.1 Å². The van der Waals surface area contributed by atoms with Gasteiger partial charge in [0.2, 0.25) is 5.91 Å². The van der Waals surface area contributed by atoms with E-state index in [1.165, 1.54) is 12.1 Å². The summed E-state index contributed by atoms with van der Waals surface area (Å²) in [7, 11) is 0. The Morgan fingerprint density at radius 2 is 1.71 bits per heavy atom. The number of nitrogens with zero attached hydrogens (tertiary/aromatic N) is 3. The molecule has 0 bridgehead atoms. The number of urea groups is 1. The highest BCUT2D eigenvalue weighted by atomic mass is 19.4. The Labute approximate surface area is 245 Å². The first-order valence-electron chi connectivity index (χ1n) is 14.7. The smallest absolute Gasteiger partial charge is 0.383 e. The Morgan fingerprint density at radius 3 is 2.31 bits per heavy atom. The van der Waals surface area contributed by atoms with Crippen molar-refractivity contribution in [3.8, 4) is 0 Å². The standard InChI is InChI=1S/C32H39F3N4O3/c1-2-16-39(30(41)36-19-23-8-12-26(13-9-23)32(33,34)35)28-14-17-37(18-15-28)20-27-21-38(29(40)24-10-11-24)22-31(27,42)25-6-4-3-5-7-25/h2-9,12-13,24,27-28,42H,1,10-11,14-22H2,(H,36,41)/t27-,31-/m0/s1. The molecule has 3 fully saturated rings. The van der Waals surface area contributed by atoms with Gasteiger partial charge < -0.3 is 25.1 Å². The lowest BCUT2D eigenvalue weighted by molar-refractivity contribution is -0.137. The predicted octanol–water partition coefficient (Wildman–Crippen LogP) is 4.62. The van der Waals surface area contributed by atoms with Crippen LogP contribution in [0.2, 0.25) is 0 Å². The van der Waals surface area contributed by atoms with Crippen LogP contribution in [0.5, 0.6) is 0 Å². The molecule has 2 saturated heterocycles. The molecule has 2 aliphatic heterocycles. The van der Waals surface area contributed by atoms with Crippen LogP contribution in [0.3, 0.4) is 0 Å². The fourth-order valence-electron chi connectivity index (χ4n) is 6.27. The van der Waals surface area contributed by atoms with Crippen molar-refractivity contribution < 1.29 is 27.9 Å². The minimum Gasteiger partial charge on any atom is -0.383 e. The maximum absolute atomic E-state index is 13.1. The number of hydrogen-bond acceptors (Lipinski definition) is 4. The predicted molar refractivity (Wildman–Crippen MR) is 153 cm³/mol. The number of amides is 3. The summed E-state index contributed by atoms with van der Waals surface area (Å²) in [5.41, 5.74) is -0.422. The van der Waals surface area contributed by atoms with Gasteiger partial charge in [0, 0.05) is 57.1 Å². The summed E-state index contributed by atoms with van der Waals surface area (Å²) in [4.78, 5) is 31.9. The van der Waals surface area contributed by atoms with Crippen LogP contribution in [-0.2, 0) is 23.1 Å². The number of halogens is 3. The second-order valence-corrected chi connectivity index (χ2v) is 11.8. The number of carbonyl (C=O) groups excluding carboxylic acids is 2. The molecule has 2 aromatic carbocycles. The van der Waals surface area contributed by atoms with Crippen molar-refractivity contribution in [1.82, 2.24) is 20.0 Å². The highest BCUT2D eigenvalue weighted by Gasteiger charge is 2.50. The lowest BCUT2D eigenvalue weighted by Crippen LogP contribution is -2.52. The van der Waals surface area contributed by atoms with Crippen LogP contribution in [-0.4, -0.2) is 77.1 Å². The largest absolute Gasteiger partial charge is 0.416 e. The minimum absolute atomic E-state index is 0.0172. The van der Waals surface area contributed by atoms with Crippen molar-refractivity contribution >= 4 is 11.9 Å². The minimum atomic E-state index is -4.40. The number of hydrogen-bond donors (Lipinski definition) is 2. The van der Waals surface area contributed by atoms with Gasteiger partial charge in [-0.05, 0) is 48.9 Å². The molecule has 2 aromatic rings. The third-order valence-electron chi connectivity index (χ3n) is 8.85. The maximum Gasteiger partial charge on any atom is 0.416 e. The number of carbonyl (C=O) groups is 2. The van der Waals surface area contributed by atoms with E-state index >= 15 is 0 Å². The van der Waals surface area contributed by atoms with Gasteiger partial charge in [-0.15, -0.1) is 6.58 Å². The number of rotatable bonds is 9. The Morgan fingerprint density at radius 1 is 1.05 bits per heavy atom. The second-order valence-electron chi connectivity index (χ2n) is 11.8. The molecule has 3 amide bonds. The van der Waals surface area contributed by atoms with Crippen molar-refractivity contribution in [2.45, 2.75) is 50.0 Å². The second kappa shape index (κ2) is 12.5. The lowest BCUT2D eigenvalue weighted by atomic mass is 9.83. The highest BCUT2D eigenvalue weighted by Crippen LogP contribution is 2.41. The summed E-state index contributed by atoms with van der Waals surface area (Å²) in [6.45, 7) is 7.23. The number of aliphatic hydroxyl groups is 1. The molecule has 2 atom stereocenters. The van der Waals surface area contributed by atoms with Gasteiger partial charge in [-0.1, -0.05) is 48.5 Å². The van der Waals surface area contributed by atoms with Gasteiger partial charge in [-0.3, -0.25) is 4.79 Å². The first kappa shape index (κ1) is 30.1. The third kappa shape index (κ3) is 6.81. The SMILES string of the molecule is C=CCN(C(=O)NCc1ccc(C(F)(F)F)cc1)C1CCN(C[C@H]2CN(C(=O)C3CC3)C[C@]2(O)c2ccccc2)CC1. The molecular weight excluding hydrogens is 545 g/mol. The van der Waals surface area contributed by atoms with Crippen LogP contribution in [0.4, 0.5) is 18.0 Å². The van der Waals surface area contributed by atoms with Crippen LogP contribution < -0.4 is 5.32 Å². The van der Waals surface area contributed by atoms with Crippen LogP contribution in [0.1, 0.15) is 42.4 Å². The van der Waals surface area contributed by atoms with Crippen LogP contribution in [0, 0.1) is 11.8 Å².